The van der Waals surface area contributed by atoms with Gasteiger partial charge in [-0.05, 0) is 43.7 Å². The van der Waals surface area contributed by atoms with Crippen molar-refractivity contribution in [2.24, 2.45) is 28.3 Å². The van der Waals surface area contributed by atoms with E-state index < -0.39 is 5.97 Å². The van der Waals surface area contributed by atoms with Crippen molar-refractivity contribution in [2.75, 3.05) is 11.9 Å². The zero-order valence-corrected chi connectivity index (χ0v) is 14.1. The fourth-order valence-electron chi connectivity index (χ4n) is 2.86. The number of nitrogens with two attached hydrogens (primary N) is 2. The van der Waals surface area contributed by atoms with Gasteiger partial charge in [0.05, 0.1) is 11.3 Å². The van der Waals surface area contributed by atoms with Crippen LogP contribution in [0, 0.1) is 11.8 Å². The molecule has 1 aliphatic rings. The average molecular weight is 355 g/mol. The summed E-state index contributed by atoms with van der Waals surface area (Å²) < 4.78 is 0. The number of carbonyl (C=O) groups excluding carboxylic acids is 1. The lowest BCUT2D eigenvalue weighted by Gasteiger charge is -2.27. The number of aliphatic imine (C=N–C) groups is 1. The lowest BCUT2D eigenvalue weighted by atomic mass is 9.81. The van der Waals surface area contributed by atoms with E-state index in [4.69, 9.17) is 16.6 Å². The van der Waals surface area contributed by atoms with Crippen LogP contribution >= 0.6 is 12.4 Å². The maximum absolute atomic E-state index is 12.3. The van der Waals surface area contributed by atoms with Gasteiger partial charge in [-0.15, -0.1) is 12.4 Å². The molecule has 1 aromatic carbocycles. The number of para-hydroxylation sites is 1. The van der Waals surface area contributed by atoms with Crippen LogP contribution in [0.5, 0.6) is 0 Å². The summed E-state index contributed by atoms with van der Waals surface area (Å²) in [6.45, 7) is 0.596. The summed E-state index contributed by atoms with van der Waals surface area (Å²) in [6, 6.07) is 6.41. The number of amides is 1. The molecular formula is C16H23ClN4O3. The zero-order chi connectivity index (χ0) is 16.8. The van der Waals surface area contributed by atoms with Crippen LogP contribution in [0.4, 0.5) is 5.69 Å². The first kappa shape index (κ1) is 19.8. The van der Waals surface area contributed by atoms with Crippen LogP contribution in [0.1, 0.15) is 36.0 Å². The summed E-state index contributed by atoms with van der Waals surface area (Å²) in [5.74, 6) is -0.796. The summed E-state index contributed by atoms with van der Waals surface area (Å²) >= 11 is 0. The van der Waals surface area contributed by atoms with Crippen molar-refractivity contribution in [1.29, 1.82) is 0 Å². The van der Waals surface area contributed by atoms with Crippen molar-refractivity contribution in [3.63, 3.8) is 0 Å². The molecule has 1 aliphatic carbocycles. The van der Waals surface area contributed by atoms with Crippen molar-refractivity contribution >= 4 is 35.9 Å². The second-order valence-electron chi connectivity index (χ2n) is 5.82. The van der Waals surface area contributed by atoms with Gasteiger partial charge in [-0.3, -0.25) is 9.79 Å². The van der Waals surface area contributed by atoms with E-state index in [0.717, 1.165) is 25.7 Å². The molecule has 1 saturated carbocycles. The van der Waals surface area contributed by atoms with Crippen molar-refractivity contribution in [3.8, 4) is 0 Å². The molecule has 1 amide bonds. The number of carboxylic acids is 1. The molecule has 1 aromatic rings. The molecule has 0 spiro atoms. The third-order valence-corrected chi connectivity index (χ3v) is 4.16. The minimum absolute atomic E-state index is 0. The molecular weight excluding hydrogens is 332 g/mol. The van der Waals surface area contributed by atoms with Gasteiger partial charge in [0.2, 0.25) is 5.91 Å². The van der Waals surface area contributed by atoms with E-state index in [2.05, 4.69) is 10.3 Å². The number of anilines is 1. The van der Waals surface area contributed by atoms with Crippen LogP contribution in [0.2, 0.25) is 0 Å². The molecule has 0 aromatic heterocycles. The van der Waals surface area contributed by atoms with E-state index in [1.807, 2.05) is 0 Å². The number of carboxylic acid groups (broad SMARTS) is 1. The van der Waals surface area contributed by atoms with Crippen molar-refractivity contribution in [3.05, 3.63) is 29.8 Å². The summed E-state index contributed by atoms with van der Waals surface area (Å²) in [4.78, 5) is 27.5. The fourth-order valence-corrected chi connectivity index (χ4v) is 2.86. The Bertz CT molecular complexity index is 609. The maximum Gasteiger partial charge on any atom is 0.337 e. The molecule has 8 heteroatoms. The fraction of sp³-hybridized carbons (Fsp3) is 0.438. The summed E-state index contributed by atoms with van der Waals surface area (Å²) in [6.07, 6.45) is 3.28. The number of benzene rings is 1. The predicted octanol–water partition coefficient (Wildman–Crippen LogP) is 1.82. The average Bonchev–Trinajstić information content (AvgIpc) is 2.53. The number of hydrogen-bond acceptors (Lipinski definition) is 3. The van der Waals surface area contributed by atoms with Crippen molar-refractivity contribution < 1.29 is 14.7 Å². The molecule has 1 fully saturated rings. The molecule has 6 N–H and O–H groups in total. The van der Waals surface area contributed by atoms with E-state index in [-0.39, 0.29) is 35.8 Å². The SMILES string of the molecule is Cl.NC(N)=NCC1CCC(C(=O)Nc2ccccc2C(=O)O)CC1. The van der Waals surface area contributed by atoms with Gasteiger partial charge >= 0.3 is 5.97 Å². The van der Waals surface area contributed by atoms with Crippen LogP contribution in [-0.2, 0) is 4.79 Å². The van der Waals surface area contributed by atoms with Gasteiger partial charge in [0.15, 0.2) is 5.96 Å². The molecule has 0 unspecified atom stereocenters. The lowest BCUT2D eigenvalue weighted by molar-refractivity contribution is -0.121. The molecule has 2 rings (SSSR count). The minimum Gasteiger partial charge on any atom is -0.478 e. The number of guanidine groups is 1. The van der Waals surface area contributed by atoms with E-state index in [9.17, 15) is 9.59 Å². The number of carbonyl (C=O) groups is 2. The first-order valence-electron chi connectivity index (χ1n) is 7.66. The molecule has 0 bridgehead atoms. The highest BCUT2D eigenvalue weighted by Crippen LogP contribution is 2.30. The first-order valence-corrected chi connectivity index (χ1v) is 7.66. The Labute approximate surface area is 146 Å². The molecule has 132 valence electrons. The van der Waals surface area contributed by atoms with Crippen LogP contribution < -0.4 is 16.8 Å². The third-order valence-electron chi connectivity index (χ3n) is 4.16. The van der Waals surface area contributed by atoms with E-state index >= 15 is 0 Å². The topological polar surface area (TPSA) is 131 Å². The summed E-state index contributed by atoms with van der Waals surface area (Å²) in [5, 5.41) is 11.9. The number of nitrogens with zero attached hydrogens (tertiary/aromatic N) is 1. The Morgan fingerprint density at radius 3 is 2.38 bits per heavy atom. The van der Waals surface area contributed by atoms with Gasteiger partial charge in [0.1, 0.15) is 0 Å². The van der Waals surface area contributed by atoms with Gasteiger partial charge < -0.3 is 21.9 Å². The molecule has 0 atom stereocenters. The highest BCUT2D eigenvalue weighted by Gasteiger charge is 2.26. The molecule has 0 radical (unpaired) electrons. The molecule has 0 aliphatic heterocycles. The monoisotopic (exact) mass is 354 g/mol. The van der Waals surface area contributed by atoms with Crippen molar-refractivity contribution in [1.82, 2.24) is 0 Å². The molecule has 7 nitrogen and oxygen atoms in total. The second-order valence-corrected chi connectivity index (χ2v) is 5.82. The predicted molar refractivity (Wildman–Crippen MR) is 95.4 cm³/mol. The van der Waals surface area contributed by atoms with E-state index in [1.54, 1.807) is 18.2 Å². The Morgan fingerprint density at radius 2 is 1.79 bits per heavy atom. The van der Waals surface area contributed by atoms with Gasteiger partial charge in [0, 0.05) is 12.5 Å². The molecule has 24 heavy (non-hydrogen) atoms. The zero-order valence-electron chi connectivity index (χ0n) is 13.3. The highest BCUT2D eigenvalue weighted by molar-refractivity contribution is 6.01. The maximum atomic E-state index is 12.3. The summed E-state index contributed by atoms with van der Waals surface area (Å²) in [7, 11) is 0. The lowest BCUT2D eigenvalue weighted by Crippen LogP contribution is -2.29. The minimum atomic E-state index is -1.05. The van der Waals surface area contributed by atoms with Crippen LogP contribution in [-0.4, -0.2) is 29.5 Å². The Hall–Kier alpha value is -2.28. The van der Waals surface area contributed by atoms with Crippen LogP contribution in [0.3, 0.4) is 0 Å². The third kappa shape index (κ3) is 5.42. The van der Waals surface area contributed by atoms with Gasteiger partial charge in [-0.25, -0.2) is 4.79 Å². The summed E-state index contributed by atoms with van der Waals surface area (Å²) in [5.41, 5.74) is 11.1. The quantitative estimate of drug-likeness (QED) is 0.473. The van der Waals surface area contributed by atoms with Crippen LogP contribution in [0.15, 0.2) is 29.3 Å². The van der Waals surface area contributed by atoms with Gasteiger partial charge in [-0.1, -0.05) is 12.1 Å². The van der Waals surface area contributed by atoms with Gasteiger partial charge in [-0.2, -0.15) is 0 Å². The normalized spacial score (nSPS) is 19.7. The number of halogens is 1. The van der Waals surface area contributed by atoms with Gasteiger partial charge in [0.25, 0.3) is 0 Å². The highest BCUT2D eigenvalue weighted by atomic mass is 35.5. The van der Waals surface area contributed by atoms with E-state index in [0.29, 0.717) is 18.2 Å². The Morgan fingerprint density at radius 1 is 1.17 bits per heavy atom. The molecule has 0 heterocycles. The Kier molecular flexibility index (Phi) is 7.51. The Balaban J connectivity index is 0.00000288. The number of hydrogen-bond donors (Lipinski definition) is 4. The number of nitrogens with one attached hydrogen (secondary N) is 1. The standard InChI is InChI=1S/C16H22N4O3.ClH/c17-16(18)19-9-10-5-7-11(8-6-10)14(21)20-13-4-2-1-3-12(13)15(22)23;/h1-4,10-11H,5-9H2,(H,20,21)(H,22,23)(H4,17,18,19);1H. The molecule has 0 saturated heterocycles. The number of aromatic carboxylic acids is 1. The van der Waals surface area contributed by atoms with Crippen molar-refractivity contribution in [2.45, 2.75) is 25.7 Å². The second kappa shape index (κ2) is 9.12. The first-order chi connectivity index (χ1) is 11.0. The van der Waals surface area contributed by atoms with Crippen LogP contribution in [0.25, 0.3) is 0 Å². The van der Waals surface area contributed by atoms with E-state index in [1.165, 1.54) is 6.07 Å². The smallest absolute Gasteiger partial charge is 0.337 e. The largest absolute Gasteiger partial charge is 0.478 e. The number of rotatable bonds is 5.